The molecule has 1 saturated heterocycles. The molecule has 0 atom stereocenters. The first-order chi connectivity index (χ1) is 7.11. The number of nitrogens with one attached hydrogen (secondary N) is 1. The molecule has 2 aliphatic rings. The Morgan fingerprint density at radius 2 is 1.93 bits per heavy atom. The van der Waals surface area contributed by atoms with E-state index < -0.39 is 17.8 Å². The van der Waals surface area contributed by atoms with E-state index in [2.05, 4.69) is 5.32 Å². The molecule has 2 fully saturated rings. The topological polar surface area (TPSA) is 69.7 Å². The zero-order chi connectivity index (χ0) is 11.0. The second kappa shape index (κ2) is 3.62. The molecule has 82 valence electrons. The lowest BCUT2D eigenvalue weighted by Gasteiger charge is -2.12. The van der Waals surface area contributed by atoms with Crippen molar-refractivity contribution < 1.29 is 14.4 Å². The van der Waals surface area contributed by atoms with E-state index in [9.17, 15) is 14.4 Å². The van der Waals surface area contributed by atoms with Gasteiger partial charge in [-0.25, -0.2) is 4.79 Å². The highest BCUT2D eigenvalue weighted by molar-refractivity contribution is 6.44. The zero-order valence-electron chi connectivity index (χ0n) is 8.52. The molecule has 0 spiro atoms. The van der Waals surface area contributed by atoms with Crippen molar-refractivity contribution in [1.82, 2.24) is 15.1 Å². The highest BCUT2D eigenvalue weighted by Gasteiger charge is 2.41. The van der Waals surface area contributed by atoms with E-state index >= 15 is 0 Å². The summed E-state index contributed by atoms with van der Waals surface area (Å²) < 4.78 is 0. The van der Waals surface area contributed by atoms with Gasteiger partial charge in [0.1, 0.15) is 0 Å². The highest BCUT2D eigenvalue weighted by Crippen LogP contribution is 2.18. The Labute approximate surface area is 87.2 Å². The van der Waals surface area contributed by atoms with Crippen molar-refractivity contribution in [2.24, 2.45) is 0 Å². The maximum atomic E-state index is 11.4. The normalized spacial score (nSPS) is 21.8. The predicted molar refractivity (Wildman–Crippen MR) is 50.9 cm³/mol. The number of imide groups is 2. The van der Waals surface area contributed by atoms with Crippen molar-refractivity contribution in [2.75, 3.05) is 20.1 Å². The smallest absolute Gasteiger partial charge is 0.312 e. The molecule has 0 aromatic heterocycles. The Morgan fingerprint density at radius 3 is 2.40 bits per heavy atom. The summed E-state index contributed by atoms with van der Waals surface area (Å²) >= 11 is 0. The number of hydrogen-bond donors (Lipinski definition) is 1. The van der Waals surface area contributed by atoms with Crippen LogP contribution in [0.5, 0.6) is 0 Å². The molecule has 0 aromatic carbocycles. The summed E-state index contributed by atoms with van der Waals surface area (Å²) in [6.45, 7) is 0.827. The number of carbonyl (C=O) groups excluding carboxylic acids is 3. The quantitative estimate of drug-likeness (QED) is 0.486. The molecule has 1 aliphatic carbocycles. The van der Waals surface area contributed by atoms with E-state index in [-0.39, 0.29) is 6.54 Å². The third kappa shape index (κ3) is 1.85. The molecule has 2 rings (SSSR count). The van der Waals surface area contributed by atoms with Crippen LogP contribution in [0.4, 0.5) is 4.79 Å². The number of likely N-dealkylation sites (N-methyl/N-ethyl adjacent to an activating group) is 1. The van der Waals surface area contributed by atoms with E-state index in [0.717, 1.165) is 22.6 Å². The van der Waals surface area contributed by atoms with Gasteiger partial charge in [-0.1, -0.05) is 0 Å². The molecule has 0 unspecified atom stereocenters. The molecule has 6 heteroatoms. The molecule has 0 bridgehead atoms. The number of hydrogen-bond acceptors (Lipinski definition) is 4. The molecular weight excluding hydrogens is 198 g/mol. The number of rotatable bonds is 4. The Balaban J connectivity index is 1.87. The maximum absolute atomic E-state index is 11.4. The predicted octanol–water partition coefficient (Wildman–Crippen LogP) is -0.841. The van der Waals surface area contributed by atoms with E-state index in [0.29, 0.717) is 12.6 Å². The van der Waals surface area contributed by atoms with Crippen molar-refractivity contribution in [2.45, 2.75) is 18.9 Å². The standard InChI is InChI=1S/C9H13N3O3/c1-11-7(13)8(14)12(9(11)15)5-4-10-6-2-3-6/h6,10H,2-5H2,1H3. The Kier molecular flexibility index (Phi) is 2.44. The van der Waals surface area contributed by atoms with Gasteiger partial charge in [-0.3, -0.25) is 19.4 Å². The fourth-order valence-corrected chi connectivity index (χ4v) is 1.48. The third-order valence-corrected chi connectivity index (χ3v) is 2.60. The molecule has 1 heterocycles. The Morgan fingerprint density at radius 1 is 1.27 bits per heavy atom. The minimum absolute atomic E-state index is 0.268. The lowest BCUT2D eigenvalue weighted by Crippen LogP contribution is -2.37. The fourth-order valence-electron chi connectivity index (χ4n) is 1.48. The molecule has 6 nitrogen and oxygen atoms in total. The van der Waals surface area contributed by atoms with E-state index in [1.54, 1.807) is 0 Å². The molecule has 1 N–H and O–H groups in total. The van der Waals surface area contributed by atoms with Crippen LogP contribution in [0.25, 0.3) is 0 Å². The summed E-state index contributed by atoms with van der Waals surface area (Å²) in [5.74, 6) is -1.47. The van der Waals surface area contributed by atoms with Crippen LogP contribution in [0, 0.1) is 0 Å². The van der Waals surface area contributed by atoms with Crippen LogP contribution in [0.2, 0.25) is 0 Å². The van der Waals surface area contributed by atoms with Crippen LogP contribution < -0.4 is 5.32 Å². The van der Waals surface area contributed by atoms with E-state index in [1.165, 1.54) is 7.05 Å². The van der Waals surface area contributed by atoms with Gasteiger partial charge >= 0.3 is 17.8 Å². The van der Waals surface area contributed by atoms with Crippen LogP contribution in [0.15, 0.2) is 0 Å². The van der Waals surface area contributed by atoms with Gasteiger partial charge in [0.2, 0.25) is 0 Å². The Bertz CT molecular complexity index is 325. The van der Waals surface area contributed by atoms with Gasteiger partial charge in [-0.2, -0.15) is 0 Å². The maximum Gasteiger partial charge on any atom is 0.333 e. The number of carbonyl (C=O) groups is 3. The fraction of sp³-hybridized carbons (Fsp3) is 0.667. The Hall–Kier alpha value is -1.43. The van der Waals surface area contributed by atoms with E-state index in [1.807, 2.05) is 0 Å². The summed E-state index contributed by atoms with van der Waals surface area (Å²) in [5.41, 5.74) is 0. The van der Waals surface area contributed by atoms with Crippen molar-refractivity contribution in [1.29, 1.82) is 0 Å². The largest absolute Gasteiger partial charge is 0.333 e. The summed E-state index contributed by atoms with van der Waals surface area (Å²) in [6.07, 6.45) is 2.31. The van der Waals surface area contributed by atoms with Gasteiger partial charge in [0.15, 0.2) is 0 Å². The van der Waals surface area contributed by atoms with Crippen LogP contribution in [0.3, 0.4) is 0 Å². The van der Waals surface area contributed by atoms with Crippen molar-refractivity contribution >= 4 is 17.8 Å². The second-order valence-electron chi connectivity index (χ2n) is 3.83. The van der Waals surface area contributed by atoms with Crippen molar-refractivity contribution in [3.63, 3.8) is 0 Å². The first-order valence-electron chi connectivity index (χ1n) is 4.98. The second-order valence-corrected chi connectivity index (χ2v) is 3.83. The van der Waals surface area contributed by atoms with Crippen molar-refractivity contribution in [3.05, 3.63) is 0 Å². The average Bonchev–Trinajstić information content (AvgIpc) is 3.01. The van der Waals surface area contributed by atoms with E-state index in [4.69, 9.17) is 0 Å². The van der Waals surface area contributed by atoms with Gasteiger partial charge in [0.05, 0.1) is 0 Å². The molecule has 1 saturated carbocycles. The monoisotopic (exact) mass is 211 g/mol. The summed E-state index contributed by atoms with van der Waals surface area (Å²) in [4.78, 5) is 35.7. The number of nitrogens with zero attached hydrogens (tertiary/aromatic N) is 2. The average molecular weight is 211 g/mol. The van der Waals surface area contributed by atoms with Gasteiger partial charge in [-0.15, -0.1) is 0 Å². The van der Waals surface area contributed by atoms with Gasteiger partial charge < -0.3 is 5.32 Å². The van der Waals surface area contributed by atoms with Crippen LogP contribution in [-0.2, 0) is 9.59 Å². The van der Waals surface area contributed by atoms with Gasteiger partial charge in [-0.05, 0) is 12.8 Å². The van der Waals surface area contributed by atoms with Crippen LogP contribution in [-0.4, -0.2) is 53.8 Å². The lowest BCUT2D eigenvalue weighted by atomic mass is 10.5. The first-order valence-corrected chi connectivity index (χ1v) is 4.98. The molecule has 1 aliphatic heterocycles. The number of urea groups is 1. The zero-order valence-corrected chi connectivity index (χ0v) is 8.52. The SMILES string of the molecule is CN1C(=O)C(=O)N(CCNC2CC2)C1=O. The van der Waals surface area contributed by atoms with Gasteiger partial charge in [0.25, 0.3) is 0 Å². The van der Waals surface area contributed by atoms with Crippen LogP contribution >= 0.6 is 0 Å². The lowest BCUT2D eigenvalue weighted by molar-refractivity contribution is -0.142. The van der Waals surface area contributed by atoms with Gasteiger partial charge in [0, 0.05) is 26.2 Å². The molecule has 0 radical (unpaired) electrons. The van der Waals surface area contributed by atoms with Crippen molar-refractivity contribution in [3.8, 4) is 0 Å². The minimum atomic E-state index is -0.744. The summed E-state index contributed by atoms with van der Waals surface area (Å²) in [6, 6.07) is 0.00818. The minimum Gasteiger partial charge on any atom is -0.312 e. The molecule has 0 aromatic rings. The molecule has 15 heavy (non-hydrogen) atoms. The highest BCUT2D eigenvalue weighted by atomic mass is 16.2. The van der Waals surface area contributed by atoms with Crippen LogP contribution in [0.1, 0.15) is 12.8 Å². The first kappa shape index (κ1) is 10.1. The summed E-state index contributed by atoms with van der Waals surface area (Å²) in [5, 5.41) is 3.18. The number of amides is 4. The molecule has 4 amide bonds. The third-order valence-electron chi connectivity index (χ3n) is 2.60. The summed E-state index contributed by atoms with van der Waals surface area (Å²) in [7, 11) is 1.32. The molecular formula is C9H13N3O3.